The van der Waals surface area contributed by atoms with E-state index in [-0.39, 0.29) is 5.69 Å². The van der Waals surface area contributed by atoms with Gasteiger partial charge in [-0.1, -0.05) is 25.7 Å². The zero-order chi connectivity index (χ0) is 14.7. The maximum absolute atomic E-state index is 11.2. The van der Waals surface area contributed by atoms with E-state index in [1.54, 1.807) is 35.0 Å². The van der Waals surface area contributed by atoms with Crippen molar-refractivity contribution in [3.63, 3.8) is 0 Å². The minimum atomic E-state index is -1.07. The van der Waals surface area contributed by atoms with Crippen molar-refractivity contribution in [2.45, 2.75) is 20.4 Å². The first kappa shape index (κ1) is 13.9. The van der Waals surface area contributed by atoms with Gasteiger partial charge < -0.3 is 5.11 Å². The van der Waals surface area contributed by atoms with Gasteiger partial charge in [-0.2, -0.15) is 10.2 Å². The van der Waals surface area contributed by atoms with Crippen LogP contribution in [0.4, 0.5) is 0 Å². The number of nitrogens with zero attached hydrogens (tertiary/aromatic N) is 4. The third-order valence-electron chi connectivity index (χ3n) is 2.56. The summed E-state index contributed by atoms with van der Waals surface area (Å²) in [7, 11) is 1.80. The Balaban J connectivity index is 2.32. The van der Waals surface area contributed by atoms with Crippen molar-refractivity contribution >= 4 is 5.97 Å². The summed E-state index contributed by atoms with van der Waals surface area (Å²) >= 11 is 0. The summed E-state index contributed by atoms with van der Waals surface area (Å²) in [5, 5.41) is 17.2. The molecule has 0 saturated carbocycles. The highest BCUT2D eigenvalue weighted by Crippen LogP contribution is 2.08. The highest BCUT2D eigenvalue weighted by atomic mass is 16.4. The molecule has 104 valence electrons. The quantitative estimate of drug-likeness (QED) is 0.856. The van der Waals surface area contributed by atoms with Gasteiger partial charge in [0.2, 0.25) is 0 Å². The topological polar surface area (TPSA) is 72.9 Å². The monoisotopic (exact) mass is 272 g/mol. The molecule has 6 nitrogen and oxygen atoms in total. The molecular formula is C14H16N4O2. The highest BCUT2D eigenvalue weighted by molar-refractivity contribution is 5.88. The van der Waals surface area contributed by atoms with Crippen molar-refractivity contribution in [3.8, 4) is 11.8 Å². The lowest BCUT2D eigenvalue weighted by molar-refractivity contribution is 0.0689. The molecule has 2 aromatic rings. The molecule has 0 fully saturated rings. The van der Waals surface area contributed by atoms with Gasteiger partial charge in [-0.25, -0.2) is 4.79 Å². The Morgan fingerprint density at radius 3 is 2.70 bits per heavy atom. The molecule has 0 aliphatic carbocycles. The molecule has 6 heteroatoms. The number of carbonyl (C=O) groups is 1. The third kappa shape index (κ3) is 3.26. The molecule has 0 aliphatic rings. The lowest BCUT2D eigenvalue weighted by Crippen LogP contribution is -2.06. The lowest BCUT2D eigenvalue weighted by atomic mass is 10.2. The van der Waals surface area contributed by atoms with Gasteiger partial charge in [0.05, 0.1) is 17.3 Å². The van der Waals surface area contributed by atoms with Crippen molar-refractivity contribution in [2.75, 3.05) is 0 Å². The van der Waals surface area contributed by atoms with Crippen LogP contribution in [-0.4, -0.2) is 30.6 Å². The first-order chi connectivity index (χ1) is 9.45. The van der Waals surface area contributed by atoms with Gasteiger partial charge in [0.1, 0.15) is 0 Å². The van der Waals surface area contributed by atoms with Crippen LogP contribution in [0, 0.1) is 17.8 Å². The molecule has 2 aromatic heterocycles. The molecule has 0 saturated heterocycles. The molecular weight excluding hydrogens is 256 g/mol. The van der Waals surface area contributed by atoms with Crippen LogP contribution < -0.4 is 0 Å². The molecule has 0 atom stereocenters. The minimum absolute atomic E-state index is 0.0120. The Bertz CT molecular complexity index is 686. The number of carboxylic acids is 1. The number of aryl methyl sites for hydroxylation is 1. The van der Waals surface area contributed by atoms with Crippen LogP contribution in [0.2, 0.25) is 0 Å². The van der Waals surface area contributed by atoms with E-state index >= 15 is 0 Å². The van der Waals surface area contributed by atoms with Crippen molar-refractivity contribution in [3.05, 3.63) is 35.4 Å². The van der Waals surface area contributed by atoms with Crippen molar-refractivity contribution < 1.29 is 9.90 Å². The van der Waals surface area contributed by atoms with Crippen LogP contribution >= 0.6 is 0 Å². The molecule has 0 bridgehead atoms. The zero-order valence-corrected chi connectivity index (χ0v) is 11.7. The molecule has 0 amide bonds. The summed E-state index contributed by atoms with van der Waals surface area (Å²) < 4.78 is 3.27. The Morgan fingerprint density at radius 1 is 1.40 bits per heavy atom. The minimum Gasteiger partial charge on any atom is -0.476 e. The van der Waals surface area contributed by atoms with E-state index in [9.17, 15) is 4.79 Å². The first-order valence-electron chi connectivity index (χ1n) is 6.27. The summed E-state index contributed by atoms with van der Waals surface area (Å²) in [6.45, 7) is 4.75. The fourth-order valence-electron chi connectivity index (χ4n) is 1.76. The Morgan fingerprint density at radius 2 is 2.15 bits per heavy atom. The SMILES string of the molecule is CC(C)Cn1cc(C#Cc2cnn(C)c2)c(C(=O)O)n1. The maximum atomic E-state index is 11.2. The lowest BCUT2D eigenvalue weighted by Gasteiger charge is -2.02. The van der Waals surface area contributed by atoms with Gasteiger partial charge in [0.15, 0.2) is 5.69 Å². The van der Waals surface area contributed by atoms with Gasteiger partial charge in [0, 0.05) is 26.0 Å². The average molecular weight is 272 g/mol. The number of aromatic carboxylic acids is 1. The Kier molecular flexibility index (Phi) is 3.89. The number of carboxylic acid groups (broad SMARTS) is 1. The van der Waals surface area contributed by atoms with Gasteiger partial charge in [-0.05, 0) is 5.92 Å². The van der Waals surface area contributed by atoms with Crippen LogP contribution in [0.1, 0.15) is 35.5 Å². The summed E-state index contributed by atoms with van der Waals surface area (Å²) in [5.74, 6) is 5.06. The normalized spacial score (nSPS) is 10.4. The van der Waals surface area contributed by atoms with Gasteiger partial charge >= 0.3 is 5.97 Å². The second-order valence-corrected chi connectivity index (χ2v) is 4.97. The molecule has 2 heterocycles. The van der Waals surface area contributed by atoms with Gasteiger partial charge in [0.25, 0.3) is 0 Å². The van der Waals surface area contributed by atoms with Crippen LogP contribution in [0.15, 0.2) is 18.6 Å². The van der Waals surface area contributed by atoms with E-state index in [1.807, 2.05) is 13.8 Å². The van der Waals surface area contributed by atoms with E-state index in [2.05, 4.69) is 22.0 Å². The molecule has 20 heavy (non-hydrogen) atoms. The third-order valence-corrected chi connectivity index (χ3v) is 2.56. The summed E-state index contributed by atoms with van der Waals surface area (Å²) in [4.78, 5) is 11.2. The fourth-order valence-corrected chi connectivity index (χ4v) is 1.76. The largest absolute Gasteiger partial charge is 0.476 e. The molecule has 0 aromatic carbocycles. The van der Waals surface area contributed by atoms with E-state index < -0.39 is 5.97 Å². The predicted molar refractivity (Wildman–Crippen MR) is 73.2 cm³/mol. The summed E-state index contributed by atoms with van der Waals surface area (Å²) in [6.07, 6.45) is 5.07. The average Bonchev–Trinajstić information content (AvgIpc) is 2.92. The molecule has 2 rings (SSSR count). The van der Waals surface area contributed by atoms with Crippen LogP contribution in [0.3, 0.4) is 0 Å². The van der Waals surface area contributed by atoms with E-state index in [0.717, 1.165) is 5.56 Å². The second kappa shape index (κ2) is 5.61. The van der Waals surface area contributed by atoms with Gasteiger partial charge in [-0.15, -0.1) is 0 Å². The van der Waals surface area contributed by atoms with Crippen LogP contribution in [0.5, 0.6) is 0 Å². The second-order valence-electron chi connectivity index (χ2n) is 4.97. The smallest absolute Gasteiger partial charge is 0.357 e. The molecule has 0 unspecified atom stereocenters. The summed E-state index contributed by atoms with van der Waals surface area (Å²) in [5.41, 5.74) is 1.14. The Hall–Kier alpha value is -2.55. The Labute approximate surface area is 117 Å². The van der Waals surface area contributed by atoms with Crippen molar-refractivity contribution in [1.82, 2.24) is 19.6 Å². The van der Waals surface area contributed by atoms with E-state index in [1.165, 1.54) is 0 Å². The standard InChI is InChI=1S/C14H16N4O2/c1-10(2)7-18-9-12(13(16-18)14(19)20)5-4-11-6-15-17(3)8-11/h6,8-10H,7H2,1-3H3,(H,19,20). The van der Waals surface area contributed by atoms with Crippen LogP contribution in [0.25, 0.3) is 0 Å². The number of hydrogen-bond donors (Lipinski definition) is 1. The molecule has 0 spiro atoms. The molecule has 0 aliphatic heterocycles. The zero-order valence-electron chi connectivity index (χ0n) is 11.7. The van der Waals surface area contributed by atoms with E-state index in [4.69, 9.17) is 5.11 Å². The van der Waals surface area contributed by atoms with Crippen LogP contribution in [-0.2, 0) is 13.6 Å². The number of rotatable bonds is 3. The first-order valence-corrected chi connectivity index (χ1v) is 6.27. The predicted octanol–water partition coefficient (Wildman–Crippen LogP) is 1.37. The highest BCUT2D eigenvalue weighted by Gasteiger charge is 2.14. The number of aromatic nitrogens is 4. The maximum Gasteiger partial charge on any atom is 0.357 e. The molecule has 1 N–H and O–H groups in total. The van der Waals surface area contributed by atoms with Crippen molar-refractivity contribution in [2.24, 2.45) is 13.0 Å². The van der Waals surface area contributed by atoms with Crippen molar-refractivity contribution in [1.29, 1.82) is 0 Å². The fraction of sp³-hybridized carbons (Fsp3) is 0.357. The molecule has 0 radical (unpaired) electrons. The van der Waals surface area contributed by atoms with Gasteiger partial charge in [-0.3, -0.25) is 9.36 Å². The van der Waals surface area contributed by atoms with E-state index in [0.29, 0.717) is 18.0 Å². The number of hydrogen-bond acceptors (Lipinski definition) is 3. The summed E-state index contributed by atoms with van der Waals surface area (Å²) in [6, 6.07) is 0.